The summed E-state index contributed by atoms with van der Waals surface area (Å²) in [5.74, 6) is -1.62. The van der Waals surface area contributed by atoms with E-state index in [1.807, 2.05) is 0 Å². The molecule has 0 fully saturated rings. The molecule has 1 aromatic heterocycles. The number of benzene rings is 1. The van der Waals surface area contributed by atoms with E-state index in [-0.39, 0.29) is 17.5 Å². The molecule has 6 nitrogen and oxygen atoms in total. The van der Waals surface area contributed by atoms with Gasteiger partial charge in [0.05, 0.1) is 12.6 Å². The first kappa shape index (κ1) is 10.2. The fraction of sp³-hybridized carbons (Fsp3) is 0.100. The van der Waals surface area contributed by atoms with Gasteiger partial charge in [-0.15, -0.1) is 0 Å². The maximum absolute atomic E-state index is 10.8. The summed E-state index contributed by atoms with van der Waals surface area (Å²) in [5.41, 5.74) is 0.323. The van der Waals surface area contributed by atoms with Gasteiger partial charge in [-0.2, -0.15) is 4.98 Å². The van der Waals surface area contributed by atoms with Gasteiger partial charge >= 0.3 is 5.97 Å². The van der Waals surface area contributed by atoms with Gasteiger partial charge in [0.25, 0.3) is 0 Å². The Hall–Kier alpha value is -2.37. The minimum atomic E-state index is -1.25. The Morgan fingerprint density at radius 1 is 1.38 bits per heavy atom. The van der Waals surface area contributed by atoms with Crippen molar-refractivity contribution >= 4 is 16.9 Å². The molecule has 0 saturated heterocycles. The predicted octanol–water partition coefficient (Wildman–Crippen LogP) is 1.04. The normalized spacial score (nSPS) is 10.3. The number of aromatic nitrogens is 2. The number of hydrogen-bond acceptors (Lipinski definition) is 5. The van der Waals surface area contributed by atoms with Crippen molar-refractivity contribution in [2.24, 2.45) is 0 Å². The number of phenolic OH excluding ortho intramolecular Hbond substituents is 1. The summed E-state index contributed by atoms with van der Waals surface area (Å²) in [7, 11) is 1.35. The van der Waals surface area contributed by atoms with E-state index >= 15 is 0 Å². The molecule has 0 aliphatic rings. The summed E-state index contributed by atoms with van der Waals surface area (Å²) in [6, 6.07) is 4.59. The molecule has 0 radical (unpaired) electrons. The van der Waals surface area contributed by atoms with Gasteiger partial charge in [-0.3, -0.25) is 0 Å². The van der Waals surface area contributed by atoms with E-state index in [1.165, 1.54) is 13.2 Å². The molecular weight excluding hydrogens is 212 g/mol. The second-order valence-corrected chi connectivity index (χ2v) is 3.03. The van der Waals surface area contributed by atoms with E-state index in [9.17, 15) is 9.90 Å². The van der Waals surface area contributed by atoms with Crippen LogP contribution in [0.3, 0.4) is 0 Å². The van der Waals surface area contributed by atoms with Gasteiger partial charge in [0.2, 0.25) is 11.7 Å². The number of phenols is 1. The molecule has 0 saturated carbocycles. The molecule has 2 aromatic rings. The second-order valence-electron chi connectivity index (χ2n) is 3.03. The van der Waals surface area contributed by atoms with Crippen LogP contribution in [0.2, 0.25) is 0 Å². The lowest BCUT2D eigenvalue weighted by Gasteiger charge is -2.06. The molecular formula is C10H8N2O4. The van der Waals surface area contributed by atoms with E-state index in [2.05, 4.69) is 9.97 Å². The average Bonchev–Trinajstić information content (AvgIpc) is 2.27. The second kappa shape index (κ2) is 3.65. The van der Waals surface area contributed by atoms with Gasteiger partial charge in [0.15, 0.2) is 0 Å². The fourth-order valence-corrected chi connectivity index (χ4v) is 1.38. The summed E-state index contributed by atoms with van der Waals surface area (Å²) in [6.07, 6.45) is 0. The van der Waals surface area contributed by atoms with Gasteiger partial charge in [-0.05, 0) is 12.1 Å². The summed E-state index contributed by atoms with van der Waals surface area (Å²) in [5, 5.41) is 18.7. The lowest BCUT2D eigenvalue weighted by Crippen LogP contribution is -2.05. The molecule has 2 N–H and O–H groups in total. The van der Waals surface area contributed by atoms with Crippen molar-refractivity contribution in [2.45, 2.75) is 0 Å². The molecule has 0 bridgehead atoms. The van der Waals surface area contributed by atoms with Crippen molar-refractivity contribution in [3.63, 3.8) is 0 Å². The van der Waals surface area contributed by atoms with Crippen LogP contribution in [0.25, 0.3) is 10.9 Å². The summed E-state index contributed by atoms with van der Waals surface area (Å²) >= 11 is 0. The number of carboxylic acid groups (broad SMARTS) is 1. The Bertz CT molecular complexity index is 568. The number of carbonyl (C=O) groups is 1. The molecule has 0 atom stereocenters. The van der Waals surface area contributed by atoms with Gasteiger partial charge in [0, 0.05) is 0 Å². The first-order valence-corrected chi connectivity index (χ1v) is 4.40. The van der Waals surface area contributed by atoms with Gasteiger partial charge in [0.1, 0.15) is 11.1 Å². The van der Waals surface area contributed by atoms with Crippen LogP contribution < -0.4 is 4.74 Å². The summed E-state index contributed by atoms with van der Waals surface area (Å²) < 4.78 is 4.92. The molecule has 1 aromatic carbocycles. The van der Waals surface area contributed by atoms with Crippen molar-refractivity contribution in [2.75, 3.05) is 7.11 Å². The largest absolute Gasteiger partial charge is 0.507 e. The van der Waals surface area contributed by atoms with Crippen molar-refractivity contribution in [3.8, 4) is 11.6 Å². The molecule has 1 heterocycles. The van der Waals surface area contributed by atoms with Crippen LogP contribution in [0.5, 0.6) is 11.6 Å². The third-order valence-corrected chi connectivity index (χ3v) is 2.05. The highest BCUT2D eigenvalue weighted by molar-refractivity contribution is 5.93. The van der Waals surface area contributed by atoms with Gasteiger partial charge < -0.3 is 14.9 Å². The van der Waals surface area contributed by atoms with E-state index in [0.717, 1.165) is 0 Å². The highest BCUT2D eigenvalue weighted by Crippen LogP contribution is 2.30. The lowest BCUT2D eigenvalue weighted by molar-refractivity contribution is 0.0683. The smallest absolute Gasteiger partial charge is 0.374 e. The number of rotatable bonds is 2. The minimum Gasteiger partial charge on any atom is -0.507 e. The van der Waals surface area contributed by atoms with E-state index in [4.69, 9.17) is 9.84 Å². The number of fused-ring (bicyclic) bond motifs is 1. The Labute approximate surface area is 90.1 Å². The molecule has 0 spiro atoms. The van der Waals surface area contributed by atoms with Crippen molar-refractivity contribution in [1.82, 2.24) is 9.97 Å². The lowest BCUT2D eigenvalue weighted by atomic mass is 10.2. The molecule has 6 heteroatoms. The first-order valence-electron chi connectivity index (χ1n) is 4.40. The van der Waals surface area contributed by atoms with E-state index < -0.39 is 5.97 Å². The quantitative estimate of drug-likeness (QED) is 0.785. The Morgan fingerprint density at radius 2 is 2.12 bits per heavy atom. The fourth-order valence-electron chi connectivity index (χ4n) is 1.38. The maximum Gasteiger partial charge on any atom is 0.374 e. The number of carboxylic acids is 1. The number of methoxy groups -OCH3 is 1. The van der Waals surface area contributed by atoms with Crippen LogP contribution in [-0.4, -0.2) is 33.3 Å². The van der Waals surface area contributed by atoms with Crippen LogP contribution >= 0.6 is 0 Å². The zero-order valence-electron chi connectivity index (χ0n) is 8.34. The van der Waals surface area contributed by atoms with E-state index in [0.29, 0.717) is 10.9 Å². The Kier molecular flexibility index (Phi) is 2.32. The van der Waals surface area contributed by atoms with Crippen LogP contribution in [0.15, 0.2) is 18.2 Å². The van der Waals surface area contributed by atoms with E-state index in [1.54, 1.807) is 12.1 Å². The predicted molar refractivity (Wildman–Crippen MR) is 54.7 cm³/mol. The third kappa shape index (κ3) is 1.50. The monoisotopic (exact) mass is 220 g/mol. The Morgan fingerprint density at radius 3 is 2.75 bits per heavy atom. The molecule has 0 aliphatic carbocycles. The number of aromatic hydroxyl groups is 1. The molecule has 82 valence electrons. The van der Waals surface area contributed by atoms with Crippen LogP contribution in [0.1, 0.15) is 10.6 Å². The zero-order valence-corrected chi connectivity index (χ0v) is 8.34. The molecule has 16 heavy (non-hydrogen) atoms. The SMILES string of the molecule is COc1nc(C(=O)O)nc2cccc(O)c12. The van der Waals surface area contributed by atoms with Gasteiger partial charge in [-0.25, -0.2) is 9.78 Å². The van der Waals surface area contributed by atoms with Crippen LogP contribution in [-0.2, 0) is 0 Å². The maximum atomic E-state index is 10.8. The minimum absolute atomic E-state index is 0.0421. The topological polar surface area (TPSA) is 92.5 Å². The highest BCUT2D eigenvalue weighted by Gasteiger charge is 2.15. The van der Waals surface area contributed by atoms with Crippen LogP contribution in [0.4, 0.5) is 0 Å². The van der Waals surface area contributed by atoms with Gasteiger partial charge in [-0.1, -0.05) is 6.07 Å². The van der Waals surface area contributed by atoms with Crippen molar-refractivity contribution in [1.29, 1.82) is 0 Å². The highest BCUT2D eigenvalue weighted by atomic mass is 16.5. The summed E-state index contributed by atoms with van der Waals surface area (Å²) in [4.78, 5) is 18.2. The number of ether oxygens (including phenoxy) is 1. The molecule has 2 rings (SSSR count). The average molecular weight is 220 g/mol. The Balaban J connectivity index is 2.84. The standard InChI is InChI=1S/C10H8N2O4/c1-16-9-7-5(3-2-4-6(7)13)11-8(12-9)10(14)15/h2-4,13H,1H3,(H,14,15). The number of hydrogen-bond donors (Lipinski definition) is 2. The number of aromatic carboxylic acids is 1. The molecule has 0 amide bonds. The summed E-state index contributed by atoms with van der Waals surface area (Å²) in [6.45, 7) is 0. The zero-order chi connectivity index (χ0) is 11.7. The number of nitrogens with zero attached hydrogens (tertiary/aromatic N) is 2. The van der Waals surface area contributed by atoms with Crippen LogP contribution in [0, 0.1) is 0 Å². The molecule has 0 unspecified atom stereocenters. The van der Waals surface area contributed by atoms with Crippen molar-refractivity contribution in [3.05, 3.63) is 24.0 Å². The third-order valence-electron chi connectivity index (χ3n) is 2.05. The first-order chi connectivity index (χ1) is 7.63. The molecule has 0 aliphatic heterocycles. The van der Waals surface area contributed by atoms with Crippen molar-refractivity contribution < 1.29 is 19.7 Å².